The fourth-order valence-corrected chi connectivity index (χ4v) is 2.65. The molecule has 1 aromatic heterocycles. The van der Waals surface area contributed by atoms with Crippen molar-refractivity contribution in [3.8, 4) is 0 Å². The fraction of sp³-hybridized carbons (Fsp3) is 0.308. The van der Waals surface area contributed by atoms with Crippen molar-refractivity contribution in [1.82, 2.24) is 4.98 Å². The smallest absolute Gasteiger partial charge is 0.308 e. The van der Waals surface area contributed by atoms with E-state index in [1.165, 1.54) is 12.3 Å². The van der Waals surface area contributed by atoms with Crippen LogP contribution in [0.4, 0.5) is 14.8 Å². The van der Waals surface area contributed by atoms with Crippen molar-refractivity contribution in [3.05, 3.63) is 47.4 Å². The second kappa shape index (κ2) is 6.21. The molecule has 2 aromatic rings. The van der Waals surface area contributed by atoms with Crippen LogP contribution in [0.2, 0.25) is 0 Å². The van der Waals surface area contributed by atoms with E-state index in [9.17, 15) is 17.2 Å². The van der Waals surface area contributed by atoms with Gasteiger partial charge in [-0.1, -0.05) is 13.0 Å². The van der Waals surface area contributed by atoms with Crippen LogP contribution < -0.4 is 4.72 Å². The topological polar surface area (TPSA) is 72.2 Å². The molecule has 8 heteroatoms. The third-order valence-corrected chi connectivity index (χ3v) is 4.05. The SMILES string of the molecule is CCc1cnc(NS(=O)(=O)CCc2c(F)cccc2F)o1. The highest BCUT2D eigenvalue weighted by atomic mass is 32.2. The predicted octanol–water partition coefficient (Wildman–Crippen LogP) is 2.50. The second-order valence-electron chi connectivity index (χ2n) is 4.36. The molecule has 0 saturated carbocycles. The van der Waals surface area contributed by atoms with Crippen molar-refractivity contribution >= 4 is 16.0 Å². The number of nitrogens with one attached hydrogen (secondary N) is 1. The van der Waals surface area contributed by atoms with Crippen LogP contribution in [0, 0.1) is 11.6 Å². The van der Waals surface area contributed by atoms with E-state index in [0.29, 0.717) is 12.2 Å². The summed E-state index contributed by atoms with van der Waals surface area (Å²) >= 11 is 0. The van der Waals surface area contributed by atoms with E-state index in [2.05, 4.69) is 9.71 Å². The van der Waals surface area contributed by atoms with Crippen LogP contribution in [0.15, 0.2) is 28.8 Å². The van der Waals surface area contributed by atoms with Crippen molar-refractivity contribution in [2.75, 3.05) is 10.5 Å². The van der Waals surface area contributed by atoms with E-state index < -0.39 is 27.4 Å². The molecule has 0 amide bonds. The van der Waals surface area contributed by atoms with E-state index in [1.807, 2.05) is 6.92 Å². The zero-order chi connectivity index (χ0) is 15.5. The van der Waals surface area contributed by atoms with Gasteiger partial charge in [0, 0.05) is 12.0 Å². The van der Waals surface area contributed by atoms with Crippen molar-refractivity contribution in [1.29, 1.82) is 0 Å². The van der Waals surface area contributed by atoms with Crippen LogP contribution in [-0.2, 0) is 22.9 Å². The molecule has 21 heavy (non-hydrogen) atoms. The van der Waals surface area contributed by atoms with Gasteiger partial charge in [0.2, 0.25) is 10.0 Å². The third-order valence-electron chi connectivity index (χ3n) is 2.83. The van der Waals surface area contributed by atoms with Gasteiger partial charge in [0.1, 0.15) is 17.4 Å². The van der Waals surface area contributed by atoms with Gasteiger partial charge in [-0.3, -0.25) is 0 Å². The molecule has 0 fully saturated rings. The lowest BCUT2D eigenvalue weighted by Crippen LogP contribution is -2.19. The first-order valence-electron chi connectivity index (χ1n) is 6.29. The molecular formula is C13H14F2N2O3S. The number of oxazole rings is 1. The number of rotatable bonds is 6. The van der Waals surface area contributed by atoms with Crippen molar-refractivity contribution in [3.63, 3.8) is 0 Å². The molecular weight excluding hydrogens is 302 g/mol. The standard InChI is InChI=1S/C13H14F2N2O3S/c1-2-9-8-16-13(20-9)17-21(18,19)7-6-10-11(14)4-3-5-12(10)15/h3-5,8H,2,6-7H2,1H3,(H,16,17). The summed E-state index contributed by atoms with van der Waals surface area (Å²) in [4.78, 5) is 3.76. The molecule has 0 saturated heterocycles. The minimum Gasteiger partial charge on any atom is -0.428 e. The molecule has 1 heterocycles. The minimum atomic E-state index is -3.80. The molecule has 114 valence electrons. The Balaban J connectivity index is 2.04. The quantitative estimate of drug-likeness (QED) is 0.889. The lowest BCUT2D eigenvalue weighted by Gasteiger charge is -2.06. The Bertz CT molecular complexity index is 709. The first-order chi connectivity index (χ1) is 9.91. The minimum absolute atomic E-state index is 0.152. The Labute approximate surface area is 121 Å². The number of hydrogen-bond acceptors (Lipinski definition) is 4. The zero-order valence-electron chi connectivity index (χ0n) is 11.3. The molecule has 1 N–H and O–H groups in total. The highest BCUT2D eigenvalue weighted by Gasteiger charge is 2.17. The van der Waals surface area contributed by atoms with E-state index in [0.717, 1.165) is 12.1 Å². The summed E-state index contributed by atoms with van der Waals surface area (Å²) in [6, 6.07) is 3.24. The monoisotopic (exact) mass is 316 g/mol. The largest absolute Gasteiger partial charge is 0.428 e. The van der Waals surface area contributed by atoms with Gasteiger partial charge in [-0.2, -0.15) is 0 Å². The Morgan fingerprint density at radius 1 is 1.29 bits per heavy atom. The fourth-order valence-electron chi connectivity index (χ4n) is 1.71. The van der Waals surface area contributed by atoms with Gasteiger partial charge in [0.15, 0.2) is 0 Å². The molecule has 5 nitrogen and oxygen atoms in total. The Hall–Kier alpha value is -1.96. The number of benzene rings is 1. The molecule has 2 rings (SSSR count). The van der Waals surface area contributed by atoms with Crippen LogP contribution in [0.5, 0.6) is 0 Å². The number of anilines is 1. The van der Waals surface area contributed by atoms with Crippen molar-refractivity contribution < 1.29 is 21.6 Å². The van der Waals surface area contributed by atoms with Gasteiger partial charge >= 0.3 is 6.01 Å². The Morgan fingerprint density at radius 2 is 1.95 bits per heavy atom. The lowest BCUT2D eigenvalue weighted by atomic mass is 10.1. The summed E-state index contributed by atoms with van der Waals surface area (Å²) < 4.78 is 57.8. The van der Waals surface area contributed by atoms with E-state index in [4.69, 9.17) is 4.42 Å². The van der Waals surface area contributed by atoms with Crippen molar-refractivity contribution in [2.24, 2.45) is 0 Å². The van der Waals surface area contributed by atoms with Crippen LogP contribution >= 0.6 is 0 Å². The van der Waals surface area contributed by atoms with Gasteiger partial charge in [0.05, 0.1) is 11.9 Å². The first kappa shape index (κ1) is 15.4. The summed E-state index contributed by atoms with van der Waals surface area (Å²) in [6.45, 7) is 1.83. The summed E-state index contributed by atoms with van der Waals surface area (Å²) in [5.41, 5.74) is -0.260. The highest BCUT2D eigenvalue weighted by Crippen LogP contribution is 2.15. The number of halogens is 2. The van der Waals surface area contributed by atoms with Gasteiger partial charge in [0.25, 0.3) is 0 Å². The van der Waals surface area contributed by atoms with Crippen LogP contribution in [0.25, 0.3) is 0 Å². The van der Waals surface area contributed by atoms with Crippen molar-refractivity contribution in [2.45, 2.75) is 19.8 Å². The molecule has 0 radical (unpaired) electrons. The van der Waals surface area contributed by atoms with Gasteiger partial charge in [-0.25, -0.2) is 26.9 Å². The zero-order valence-corrected chi connectivity index (χ0v) is 12.1. The number of aromatic nitrogens is 1. The number of nitrogens with zero attached hydrogens (tertiary/aromatic N) is 1. The van der Waals surface area contributed by atoms with E-state index >= 15 is 0 Å². The normalized spacial score (nSPS) is 11.6. The first-order valence-corrected chi connectivity index (χ1v) is 7.94. The number of hydrogen-bond donors (Lipinski definition) is 1. The summed E-state index contributed by atoms with van der Waals surface area (Å²) in [7, 11) is -3.80. The lowest BCUT2D eigenvalue weighted by molar-refractivity contribution is 0.526. The van der Waals surface area contributed by atoms with Gasteiger partial charge < -0.3 is 4.42 Å². The predicted molar refractivity (Wildman–Crippen MR) is 73.4 cm³/mol. The molecule has 0 unspecified atom stereocenters. The average Bonchev–Trinajstić information content (AvgIpc) is 2.85. The Morgan fingerprint density at radius 3 is 2.52 bits per heavy atom. The number of aryl methyl sites for hydroxylation is 1. The molecule has 0 bridgehead atoms. The van der Waals surface area contributed by atoms with Crippen LogP contribution in [-0.4, -0.2) is 19.2 Å². The van der Waals surface area contributed by atoms with E-state index in [1.54, 1.807) is 0 Å². The molecule has 0 aliphatic rings. The number of sulfonamides is 1. The molecule has 0 spiro atoms. The van der Waals surface area contributed by atoms with Crippen LogP contribution in [0.1, 0.15) is 18.2 Å². The molecule has 0 aliphatic carbocycles. The Kier molecular flexibility index (Phi) is 4.56. The highest BCUT2D eigenvalue weighted by molar-refractivity contribution is 7.92. The summed E-state index contributed by atoms with van der Waals surface area (Å²) in [5, 5.41) is 0. The maximum Gasteiger partial charge on any atom is 0.308 e. The molecule has 0 aliphatic heterocycles. The van der Waals surface area contributed by atoms with Gasteiger partial charge in [-0.15, -0.1) is 0 Å². The molecule has 1 aromatic carbocycles. The summed E-state index contributed by atoms with van der Waals surface area (Å²) in [5.74, 6) is -1.48. The summed E-state index contributed by atoms with van der Waals surface area (Å²) in [6.07, 6.45) is 1.71. The van der Waals surface area contributed by atoms with E-state index in [-0.39, 0.29) is 18.0 Å². The van der Waals surface area contributed by atoms with Crippen LogP contribution in [0.3, 0.4) is 0 Å². The third kappa shape index (κ3) is 4.01. The maximum atomic E-state index is 13.4. The molecule has 0 atom stereocenters. The average molecular weight is 316 g/mol. The second-order valence-corrected chi connectivity index (χ2v) is 6.20. The maximum absolute atomic E-state index is 13.4. The van der Waals surface area contributed by atoms with Gasteiger partial charge in [-0.05, 0) is 18.6 Å².